The van der Waals surface area contributed by atoms with Gasteiger partial charge in [-0.15, -0.1) is 0 Å². The predicted octanol–water partition coefficient (Wildman–Crippen LogP) is 1.32. The van der Waals surface area contributed by atoms with Crippen LogP contribution in [0, 0.1) is 0 Å². The summed E-state index contributed by atoms with van der Waals surface area (Å²) in [5.41, 5.74) is 6.78. The average molecular weight is 242 g/mol. The van der Waals surface area contributed by atoms with Crippen molar-refractivity contribution in [3.63, 3.8) is 0 Å². The molecule has 0 aromatic carbocycles. The fourth-order valence-corrected chi connectivity index (χ4v) is 1.88. The van der Waals surface area contributed by atoms with Crippen molar-refractivity contribution in [3.8, 4) is 0 Å². The molecule has 0 saturated heterocycles. The monoisotopic (exact) mass is 242 g/mol. The van der Waals surface area contributed by atoms with E-state index in [-0.39, 0.29) is 5.91 Å². The molecule has 1 heterocycles. The number of amides is 1. The Kier molecular flexibility index (Phi) is 5.42. The number of hydrogen-bond donors (Lipinski definition) is 1. The third kappa shape index (κ3) is 3.90. The summed E-state index contributed by atoms with van der Waals surface area (Å²) in [5.74, 6) is 0.891. The van der Waals surface area contributed by atoms with Gasteiger partial charge in [0.05, 0.1) is 18.6 Å². The van der Waals surface area contributed by atoms with E-state index in [9.17, 15) is 4.79 Å². The second-order valence-electron chi connectivity index (χ2n) is 3.71. The molecule has 0 aliphatic carbocycles. The van der Waals surface area contributed by atoms with E-state index in [1.807, 2.05) is 12.3 Å². The molecule has 0 saturated carbocycles. The third-order valence-electron chi connectivity index (χ3n) is 2.33. The van der Waals surface area contributed by atoms with E-state index < -0.39 is 6.04 Å². The van der Waals surface area contributed by atoms with Gasteiger partial charge < -0.3 is 15.1 Å². The van der Waals surface area contributed by atoms with Crippen LogP contribution in [0.4, 0.5) is 0 Å². The highest BCUT2D eigenvalue weighted by Gasteiger charge is 2.17. The maximum Gasteiger partial charge on any atom is 0.239 e. The number of hydrogen-bond acceptors (Lipinski definition) is 4. The van der Waals surface area contributed by atoms with Gasteiger partial charge in [0.25, 0.3) is 0 Å². The maximum absolute atomic E-state index is 11.8. The lowest BCUT2D eigenvalue weighted by Gasteiger charge is -2.20. The van der Waals surface area contributed by atoms with Gasteiger partial charge >= 0.3 is 0 Å². The zero-order valence-electron chi connectivity index (χ0n) is 9.68. The second kappa shape index (κ2) is 6.60. The molecule has 4 nitrogen and oxygen atoms in total. The van der Waals surface area contributed by atoms with Crippen LogP contribution in [0.3, 0.4) is 0 Å². The molecule has 0 bridgehead atoms. The van der Waals surface area contributed by atoms with Gasteiger partial charge in [0.15, 0.2) is 0 Å². The van der Waals surface area contributed by atoms with Crippen LogP contribution in [0.2, 0.25) is 0 Å². The van der Waals surface area contributed by atoms with Crippen molar-refractivity contribution in [1.29, 1.82) is 0 Å². The van der Waals surface area contributed by atoms with Gasteiger partial charge in [-0.2, -0.15) is 11.8 Å². The minimum Gasteiger partial charge on any atom is -0.472 e. The largest absolute Gasteiger partial charge is 0.472 e. The van der Waals surface area contributed by atoms with Crippen molar-refractivity contribution >= 4 is 17.7 Å². The molecule has 0 unspecified atom stereocenters. The van der Waals surface area contributed by atoms with Crippen molar-refractivity contribution < 1.29 is 9.21 Å². The number of nitrogens with two attached hydrogens (primary N) is 1. The Bertz CT molecular complexity index is 314. The summed E-state index contributed by atoms with van der Waals surface area (Å²) < 4.78 is 4.95. The second-order valence-corrected chi connectivity index (χ2v) is 4.70. The van der Waals surface area contributed by atoms with Crippen molar-refractivity contribution in [2.75, 3.05) is 19.1 Å². The number of furan rings is 1. The van der Waals surface area contributed by atoms with Crippen LogP contribution in [0.25, 0.3) is 0 Å². The molecular formula is C11H18N2O2S. The van der Waals surface area contributed by atoms with Gasteiger partial charge in [-0.3, -0.25) is 4.79 Å². The molecule has 0 fully saturated rings. The fraction of sp³-hybridized carbons (Fsp3) is 0.545. The first kappa shape index (κ1) is 13.1. The smallest absolute Gasteiger partial charge is 0.239 e. The van der Waals surface area contributed by atoms with Gasteiger partial charge in [-0.1, -0.05) is 0 Å². The summed E-state index contributed by atoms with van der Waals surface area (Å²) in [5, 5.41) is 0. The molecule has 1 atom stereocenters. The van der Waals surface area contributed by atoms with Crippen LogP contribution in [0.15, 0.2) is 23.0 Å². The van der Waals surface area contributed by atoms with Crippen molar-refractivity contribution in [2.45, 2.75) is 19.0 Å². The molecule has 90 valence electrons. The predicted molar refractivity (Wildman–Crippen MR) is 66.2 cm³/mol. The van der Waals surface area contributed by atoms with E-state index in [1.165, 1.54) is 0 Å². The Balaban J connectivity index is 2.41. The Morgan fingerprint density at radius 1 is 1.69 bits per heavy atom. The van der Waals surface area contributed by atoms with Crippen molar-refractivity contribution in [2.24, 2.45) is 5.73 Å². The minimum atomic E-state index is -0.399. The Morgan fingerprint density at radius 3 is 3.00 bits per heavy atom. The highest BCUT2D eigenvalue weighted by molar-refractivity contribution is 7.98. The first-order valence-electron chi connectivity index (χ1n) is 5.15. The van der Waals surface area contributed by atoms with Crippen molar-refractivity contribution in [3.05, 3.63) is 24.2 Å². The molecule has 5 heteroatoms. The van der Waals surface area contributed by atoms with E-state index in [2.05, 4.69) is 0 Å². The molecule has 1 rings (SSSR count). The van der Waals surface area contributed by atoms with E-state index in [0.717, 1.165) is 17.7 Å². The summed E-state index contributed by atoms with van der Waals surface area (Å²) in [6.07, 6.45) is 5.96. The summed E-state index contributed by atoms with van der Waals surface area (Å²) >= 11 is 1.70. The SMILES string of the molecule is CSCC[C@H](N)C(=O)N(C)Cc1ccoc1. The molecule has 0 spiro atoms. The standard InChI is InChI=1S/C11H18N2O2S/c1-13(7-9-3-5-15-8-9)11(14)10(12)4-6-16-2/h3,5,8,10H,4,6-7,12H2,1-2H3/t10-/m0/s1. The van der Waals surface area contributed by atoms with Crippen molar-refractivity contribution in [1.82, 2.24) is 4.90 Å². The van der Waals surface area contributed by atoms with Crippen LogP contribution in [0.5, 0.6) is 0 Å². The number of nitrogens with zero attached hydrogens (tertiary/aromatic N) is 1. The Hall–Kier alpha value is -0.940. The van der Waals surface area contributed by atoms with Crippen LogP contribution < -0.4 is 5.73 Å². The lowest BCUT2D eigenvalue weighted by molar-refractivity contribution is -0.131. The third-order valence-corrected chi connectivity index (χ3v) is 2.97. The minimum absolute atomic E-state index is 0.0183. The fourth-order valence-electron chi connectivity index (χ4n) is 1.39. The van der Waals surface area contributed by atoms with Gasteiger partial charge in [0, 0.05) is 19.2 Å². The summed E-state index contributed by atoms with van der Waals surface area (Å²) in [6, 6.07) is 1.45. The van der Waals surface area contributed by atoms with Crippen LogP contribution in [0.1, 0.15) is 12.0 Å². The molecule has 1 amide bonds. The molecule has 16 heavy (non-hydrogen) atoms. The Labute approximate surface area is 100 Å². The number of carbonyl (C=O) groups is 1. The van der Waals surface area contributed by atoms with Crippen LogP contribution >= 0.6 is 11.8 Å². The summed E-state index contributed by atoms with van der Waals surface area (Å²) in [4.78, 5) is 13.5. The van der Waals surface area contributed by atoms with E-state index >= 15 is 0 Å². The van der Waals surface area contributed by atoms with E-state index in [1.54, 1.807) is 36.2 Å². The maximum atomic E-state index is 11.8. The molecule has 0 aliphatic rings. The highest BCUT2D eigenvalue weighted by Crippen LogP contribution is 2.06. The van der Waals surface area contributed by atoms with Gasteiger partial charge in [0.1, 0.15) is 0 Å². The van der Waals surface area contributed by atoms with E-state index in [4.69, 9.17) is 10.2 Å². The van der Waals surface area contributed by atoms with Crippen LogP contribution in [-0.2, 0) is 11.3 Å². The average Bonchev–Trinajstić information content (AvgIpc) is 2.77. The summed E-state index contributed by atoms with van der Waals surface area (Å²) in [6.45, 7) is 0.544. The lowest BCUT2D eigenvalue weighted by atomic mass is 10.2. The molecule has 1 aromatic rings. The van der Waals surface area contributed by atoms with Gasteiger partial charge in [-0.25, -0.2) is 0 Å². The quantitative estimate of drug-likeness (QED) is 0.817. The van der Waals surface area contributed by atoms with Crippen LogP contribution in [-0.4, -0.2) is 35.9 Å². The van der Waals surface area contributed by atoms with Gasteiger partial charge in [0.2, 0.25) is 5.91 Å². The van der Waals surface area contributed by atoms with E-state index in [0.29, 0.717) is 6.54 Å². The normalized spacial score (nSPS) is 12.4. The zero-order chi connectivity index (χ0) is 12.0. The Morgan fingerprint density at radius 2 is 2.44 bits per heavy atom. The number of rotatable bonds is 6. The zero-order valence-corrected chi connectivity index (χ0v) is 10.5. The molecular weight excluding hydrogens is 224 g/mol. The number of carbonyl (C=O) groups excluding carboxylic acids is 1. The van der Waals surface area contributed by atoms with Gasteiger partial charge in [-0.05, 0) is 24.5 Å². The lowest BCUT2D eigenvalue weighted by Crippen LogP contribution is -2.41. The topological polar surface area (TPSA) is 59.5 Å². The number of likely N-dealkylation sites (N-methyl/N-ethyl adjacent to an activating group) is 1. The molecule has 2 N–H and O–H groups in total. The molecule has 0 aliphatic heterocycles. The first-order valence-corrected chi connectivity index (χ1v) is 6.55. The summed E-state index contributed by atoms with van der Waals surface area (Å²) in [7, 11) is 1.76. The molecule has 0 radical (unpaired) electrons. The highest BCUT2D eigenvalue weighted by atomic mass is 32.2. The molecule has 1 aromatic heterocycles. The first-order chi connectivity index (χ1) is 7.65. The number of thioether (sulfide) groups is 1.